The number of rotatable bonds is 8. The molecule has 21 heavy (non-hydrogen) atoms. The summed E-state index contributed by atoms with van der Waals surface area (Å²) in [6.45, 7) is 5.16. The van der Waals surface area contributed by atoms with E-state index in [2.05, 4.69) is 50.5 Å². The van der Waals surface area contributed by atoms with Gasteiger partial charge in [0.25, 0.3) is 0 Å². The first-order valence-corrected chi connectivity index (χ1v) is 8.66. The van der Waals surface area contributed by atoms with E-state index in [0.717, 1.165) is 13.0 Å². The smallest absolute Gasteiger partial charge is 0.0727 e. The van der Waals surface area contributed by atoms with E-state index in [4.69, 9.17) is 4.74 Å². The second-order valence-corrected chi connectivity index (χ2v) is 6.20. The minimum absolute atomic E-state index is 0.346. The molecular formula is C19H31NO. The Labute approximate surface area is 130 Å². The number of hydrogen-bond donors (Lipinski definition) is 1. The van der Waals surface area contributed by atoms with Crippen molar-refractivity contribution in [3.63, 3.8) is 0 Å². The van der Waals surface area contributed by atoms with Crippen molar-refractivity contribution in [3.8, 4) is 0 Å². The highest BCUT2D eigenvalue weighted by Crippen LogP contribution is 2.35. The van der Waals surface area contributed by atoms with Crippen LogP contribution >= 0.6 is 0 Å². The second kappa shape index (κ2) is 8.55. The second-order valence-electron chi connectivity index (χ2n) is 6.20. The predicted molar refractivity (Wildman–Crippen MR) is 89.9 cm³/mol. The van der Waals surface area contributed by atoms with Crippen LogP contribution in [-0.2, 0) is 11.2 Å². The van der Waals surface area contributed by atoms with Gasteiger partial charge in [-0.1, -0.05) is 37.6 Å². The fourth-order valence-electron chi connectivity index (χ4n) is 3.76. The van der Waals surface area contributed by atoms with Gasteiger partial charge in [-0.2, -0.15) is 0 Å². The summed E-state index contributed by atoms with van der Waals surface area (Å²) in [5, 5.41) is 3.52. The third-order valence-corrected chi connectivity index (χ3v) is 4.81. The Kier molecular flexibility index (Phi) is 6.72. The number of hydrogen-bond acceptors (Lipinski definition) is 2. The van der Waals surface area contributed by atoms with Crippen molar-refractivity contribution in [1.29, 1.82) is 0 Å². The van der Waals surface area contributed by atoms with Crippen LogP contribution in [0.15, 0.2) is 24.3 Å². The maximum Gasteiger partial charge on any atom is 0.0727 e. The molecule has 1 aliphatic carbocycles. The molecular weight excluding hydrogens is 258 g/mol. The molecule has 3 unspecified atom stereocenters. The number of ether oxygens (including phenoxy) is 1. The lowest BCUT2D eigenvalue weighted by Gasteiger charge is -2.33. The molecule has 1 aromatic carbocycles. The Morgan fingerprint density at radius 2 is 2.10 bits per heavy atom. The number of likely N-dealkylation sites (N-methyl/N-ethyl adjacent to an activating group) is 1. The van der Waals surface area contributed by atoms with Gasteiger partial charge in [0.2, 0.25) is 0 Å². The summed E-state index contributed by atoms with van der Waals surface area (Å²) in [4.78, 5) is 0. The van der Waals surface area contributed by atoms with Crippen molar-refractivity contribution in [2.45, 2.75) is 70.4 Å². The van der Waals surface area contributed by atoms with E-state index in [0.29, 0.717) is 18.1 Å². The van der Waals surface area contributed by atoms with E-state index in [-0.39, 0.29) is 0 Å². The molecule has 118 valence electrons. The topological polar surface area (TPSA) is 21.3 Å². The SMILES string of the molecule is CCCC(OCC)C(CC1CCCc2ccccc21)NC. The predicted octanol–water partition coefficient (Wildman–Crippen LogP) is 4.29. The first kappa shape index (κ1) is 16.5. The van der Waals surface area contributed by atoms with Crippen LogP contribution in [0.5, 0.6) is 0 Å². The molecule has 2 nitrogen and oxygen atoms in total. The zero-order chi connectivity index (χ0) is 15.1. The van der Waals surface area contributed by atoms with Crippen LogP contribution in [0, 0.1) is 0 Å². The maximum atomic E-state index is 6.00. The minimum Gasteiger partial charge on any atom is -0.377 e. The summed E-state index contributed by atoms with van der Waals surface area (Å²) in [5.41, 5.74) is 3.14. The van der Waals surface area contributed by atoms with Gasteiger partial charge in [-0.15, -0.1) is 0 Å². The fraction of sp³-hybridized carbons (Fsp3) is 0.684. The monoisotopic (exact) mass is 289 g/mol. The largest absolute Gasteiger partial charge is 0.377 e. The van der Waals surface area contributed by atoms with Crippen molar-refractivity contribution in [1.82, 2.24) is 5.32 Å². The molecule has 0 aliphatic heterocycles. The highest BCUT2D eigenvalue weighted by molar-refractivity contribution is 5.32. The Morgan fingerprint density at radius 1 is 1.29 bits per heavy atom. The van der Waals surface area contributed by atoms with Crippen LogP contribution in [0.3, 0.4) is 0 Å². The standard InChI is InChI=1S/C19H31NO/c1-4-9-19(21-5-2)18(20-3)14-16-12-8-11-15-10-6-7-13-17(15)16/h6-7,10,13,16,18-20H,4-5,8-9,11-12,14H2,1-3H3. The van der Waals surface area contributed by atoms with Crippen molar-refractivity contribution in [3.05, 3.63) is 35.4 Å². The van der Waals surface area contributed by atoms with Crippen LogP contribution < -0.4 is 5.32 Å². The molecule has 2 rings (SSSR count). The first-order valence-electron chi connectivity index (χ1n) is 8.66. The number of aryl methyl sites for hydroxylation is 1. The molecule has 0 fully saturated rings. The maximum absolute atomic E-state index is 6.00. The first-order chi connectivity index (χ1) is 10.3. The zero-order valence-electron chi connectivity index (χ0n) is 13.9. The zero-order valence-corrected chi connectivity index (χ0v) is 13.9. The summed E-state index contributed by atoms with van der Waals surface area (Å²) in [6.07, 6.45) is 7.77. The summed E-state index contributed by atoms with van der Waals surface area (Å²) in [5.74, 6) is 0.687. The Bertz CT molecular complexity index is 412. The lowest BCUT2D eigenvalue weighted by molar-refractivity contribution is 0.0256. The third-order valence-electron chi connectivity index (χ3n) is 4.81. The molecule has 0 aromatic heterocycles. The molecule has 3 atom stereocenters. The van der Waals surface area contributed by atoms with Crippen LogP contribution in [0.2, 0.25) is 0 Å². The van der Waals surface area contributed by atoms with Crippen LogP contribution in [0.1, 0.15) is 63.0 Å². The van der Waals surface area contributed by atoms with Gasteiger partial charge in [0.05, 0.1) is 6.10 Å². The van der Waals surface area contributed by atoms with Gasteiger partial charge in [-0.3, -0.25) is 0 Å². The average Bonchev–Trinajstić information content (AvgIpc) is 2.52. The summed E-state index contributed by atoms with van der Waals surface area (Å²) in [7, 11) is 2.08. The molecule has 1 aliphatic rings. The molecule has 0 saturated heterocycles. The minimum atomic E-state index is 0.346. The Balaban J connectivity index is 2.08. The third kappa shape index (κ3) is 4.31. The van der Waals surface area contributed by atoms with Crippen molar-refractivity contribution in [2.24, 2.45) is 0 Å². The molecule has 1 aromatic rings. The summed E-state index contributed by atoms with van der Waals surface area (Å²) >= 11 is 0. The average molecular weight is 289 g/mol. The molecule has 2 heteroatoms. The van der Waals surface area contributed by atoms with Crippen LogP contribution in [0.4, 0.5) is 0 Å². The van der Waals surface area contributed by atoms with Gasteiger partial charge < -0.3 is 10.1 Å². The van der Waals surface area contributed by atoms with Crippen molar-refractivity contribution >= 4 is 0 Å². The summed E-state index contributed by atoms with van der Waals surface area (Å²) in [6, 6.07) is 9.47. The van der Waals surface area contributed by atoms with E-state index in [1.807, 2.05) is 0 Å². The van der Waals surface area contributed by atoms with Crippen LogP contribution in [-0.4, -0.2) is 25.8 Å². The van der Waals surface area contributed by atoms with E-state index in [9.17, 15) is 0 Å². The van der Waals surface area contributed by atoms with Gasteiger partial charge >= 0.3 is 0 Å². The van der Waals surface area contributed by atoms with Crippen molar-refractivity contribution in [2.75, 3.05) is 13.7 Å². The fourth-order valence-corrected chi connectivity index (χ4v) is 3.76. The molecule has 0 bridgehead atoms. The molecule has 0 spiro atoms. The van der Waals surface area contributed by atoms with Gasteiger partial charge in [-0.25, -0.2) is 0 Å². The lowest BCUT2D eigenvalue weighted by Crippen LogP contribution is -2.41. The summed E-state index contributed by atoms with van der Waals surface area (Å²) < 4.78 is 6.00. The highest BCUT2D eigenvalue weighted by atomic mass is 16.5. The van der Waals surface area contributed by atoms with Crippen LogP contribution in [0.25, 0.3) is 0 Å². The lowest BCUT2D eigenvalue weighted by atomic mass is 9.78. The van der Waals surface area contributed by atoms with Gasteiger partial charge in [0.1, 0.15) is 0 Å². The molecule has 0 amide bonds. The Morgan fingerprint density at radius 3 is 2.81 bits per heavy atom. The number of fused-ring (bicyclic) bond motifs is 1. The van der Waals surface area contributed by atoms with Gasteiger partial charge in [0, 0.05) is 12.6 Å². The highest BCUT2D eigenvalue weighted by Gasteiger charge is 2.27. The van der Waals surface area contributed by atoms with Gasteiger partial charge in [0.15, 0.2) is 0 Å². The molecule has 0 heterocycles. The molecule has 0 saturated carbocycles. The van der Waals surface area contributed by atoms with Gasteiger partial charge in [-0.05, 0) is 63.1 Å². The van der Waals surface area contributed by atoms with E-state index < -0.39 is 0 Å². The molecule has 1 N–H and O–H groups in total. The quantitative estimate of drug-likeness (QED) is 0.771. The Hall–Kier alpha value is -0.860. The number of benzene rings is 1. The molecule has 0 radical (unpaired) electrons. The van der Waals surface area contributed by atoms with E-state index >= 15 is 0 Å². The van der Waals surface area contributed by atoms with E-state index in [1.165, 1.54) is 32.1 Å². The number of nitrogens with one attached hydrogen (secondary N) is 1. The van der Waals surface area contributed by atoms with Crippen molar-refractivity contribution < 1.29 is 4.74 Å². The van der Waals surface area contributed by atoms with E-state index in [1.54, 1.807) is 11.1 Å². The normalized spacial score (nSPS) is 20.8.